The van der Waals surface area contributed by atoms with E-state index in [-0.39, 0.29) is 12.4 Å². The Kier molecular flexibility index (Phi) is 4.84. The largest absolute Gasteiger partial charge is 0.573 e. The van der Waals surface area contributed by atoms with E-state index >= 15 is 0 Å². The molecule has 1 aromatic carbocycles. The zero-order valence-electron chi connectivity index (χ0n) is 11.0. The molecule has 0 fully saturated rings. The Morgan fingerprint density at radius 1 is 1.19 bits per heavy atom. The maximum atomic E-state index is 12.0. The minimum atomic E-state index is -4.70. The molecule has 2 aromatic rings. The highest BCUT2D eigenvalue weighted by molar-refractivity contribution is 7.10. The van der Waals surface area contributed by atoms with Gasteiger partial charge in [0.15, 0.2) is 0 Å². The van der Waals surface area contributed by atoms with Gasteiger partial charge in [-0.2, -0.15) is 0 Å². The standard InChI is InChI=1S/C12H12F3N3O2S/c1-2-16-11-10(17-18-21-11)7-19-8-3-5-9(6-4-8)20-12(13,14)15/h3-6,16H,2,7H2,1H3. The summed E-state index contributed by atoms with van der Waals surface area (Å²) in [6.07, 6.45) is -4.70. The number of nitrogens with one attached hydrogen (secondary N) is 1. The Bertz CT molecular complexity index is 572. The van der Waals surface area contributed by atoms with Crippen molar-refractivity contribution < 1.29 is 22.6 Å². The fraction of sp³-hybridized carbons (Fsp3) is 0.333. The number of anilines is 1. The topological polar surface area (TPSA) is 56.3 Å². The fourth-order valence-corrected chi connectivity index (χ4v) is 2.12. The van der Waals surface area contributed by atoms with E-state index in [0.717, 1.165) is 11.5 Å². The summed E-state index contributed by atoms with van der Waals surface area (Å²) in [7, 11) is 0. The molecule has 0 saturated heterocycles. The smallest absolute Gasteiger partial charge is 0.487 e. The molecule has 0 spiro atoms. The number of rotatable bonds is 6. The lowest BCUT2D eigenvalue weighted by molar-refractivity contribution is -0.274. The summed E-state index contributed by atoms with van der Waals surface area (Å²) < 4.78 is 49.1. The Morgan fingerprint density at radius 2 is 1.86 bits per heavy atom. The predicted octanol–water partition coefficient (Wildman–Crippen LogP) is 3.45. The van der Waals surface area contributed by atoms with Crippen LogP contribution in [0.25, 0.3) is 0 Å². The molecule has 114 valence electrons. The van der Waals surface area contributed by atoms with Gasteiger partial charge in [0.2, 0.25) is 0 Å². The number of hydrogen-bond donors (Lipinski definition) is 1. The number of hydrogen-bond acceptors (Lipinski definition) is 6. The summed E-state index contributed by atoms with van der Waals surface area (Å²) in [4.78, 5) is 0. The molecule has 1 aromatic heterocycles. The summed E-state index contributed by atoms with van der Waals surface area (Å²) in [6, 6.07) is 5.17. The second-order valence-corrected chi connectivity index (χ2v) is 4.64. The molecule has 0 bridgehead atoms. The van der Waals surface area contributed by atoms with Crippen LogP contribution in [0.4, 0.5) is 18.2 Å². The third kappa shape index (κ3) is 4.78. The van der Waals surface area contributed by atoms with Gasteiger partial charge in [-0.25, -0.2) is 0 Å². The molecule has 9 heteroatoms. The Hall–Kier alpha value is -2.03. The molecule has 21 heavy (non-hydrogen) atoms. The van der Waals surface area contributed by atoms with E-state index in [2.05, 4.69) is 19.6 Å². The second kappa shape index (κ2) is 6.61. The van der Waals surface area contributed by atoms with Crippen molar-refractivity contribution in [2.45, 2.75) is 19.9 Å². The average molecular weight is 319 g/mol. The summed E-state index contributed by atoms with van der Waals surface area (Å²) in [5.41, 5.74) is 0.650. The van der Waals surface area contributed by atoms with Gasteiger partial charge in [-0.1, -0.05) is 4.49 Å². The van der Waals surface area contributed by atoms with Crippen molar-refractivity contribution in [1.82, 2.24) is 9.59 Å². The highest BCUT2D eigenvalue weighted by Gasteiger charge is 2.30. The van der Waals surface area contributed by atoms with Crippen molar-refractivity contribution in [2.75, 3.05) is 11.9 Å². The van der Waals surface area contributed by atoms with E-state index in [1.54, 1.807) is 0 Å². The van der Waals surface area contributed by atoms with Gasteiger partial charge >= 0.3 is 6.36 Å². The van der Waals surface area contributed by atoms with Crippen LogP contribution in [0.3, 0.4) is 0 Å². The highest BCUT2D eigenvalue weighted by Crippen LogP contribution is 2.25. The lowest BCUT2D eigenvalue weighted by Gasteiger charge is -2.10. The number of nitrogens with zero attached hydrogens (tertiary/aromatic N) is 2. The van der Waals surface area contributed by atoms with Crippen LogP contribution in [0.1, 0.15) is 12.6 Å². The zero-order chi connectivity index (χ0) is 15.3. The molecule has 0 radical (unpaired) electrons. The number of aromatic nitrogens is 2. The van der Waals surface area contributed by atoms with E-state index in [9.17, 15) is 13.2 Å². The Balaban J connectivity index is 1.93. The van der Waals surface area contributed by atoms with Crippen LogP contribution in [0.15, 0.2) is 24.3 Å². The van der Waals surface area contributed by atoms with Crippen LogP contribution in [0.2, 0.25) is 0 Å². The molecule has 2 rings (SSSR count). The first-order valence-corrected chi connectivity index (χ1v) is 6.79. The summed E-state index contributed by atoms with van der Waals surface area (Å²) >= 11 is 1.22. The number of ether oxygens (including phenoxy) is 2. The minimum Gasteiger partial charge on any atom is -0.487 e. The first kappa shape index (κ1) is 15.4. The molecule has 0 saturated carbocycles. The minimum absolute atomic E-state index is 0.179. The Labute approximate surface area is 122 Å². The van der Waals surface area contributed by atoms with Crippen LogP contribution in [0, 0.1) is 0 Å². The summed E-state index contributed by atoms with van der Waals surface area (Å²) in [5.74, 6) is 0.124. The van der Waals surface area contributed by atoms with E-state index < -0.39 is 6.36 Å². The van der Waals surface area contributed by atoms with Crippen LogP contribution in [-0.4, -0.2) is 22.5 Å². The molecular weight excluding hydrogens is 307 g/mol. The van der Waals surface area contributed by atoms with Crippen molar-refractivity contribution in [3.8, 4) is 11.5 Å². The quantitative estimate of drug-likeness (QED) is 0.884. The first-order chi connectivity index (χ1) is 9.98. The van der Waals surface area contributed by atoms with Crippen LogP contribution >= 0.6 is 11.5 Å². The van der Waals surface area contributed by atoms with Gasteiger partial charge in [0.1, 0.15) is 28.8 Å². The van der Waals surface area contributed by atoms with E-state index in [4.69, 9.17) is 4.74 Å². The highest BCUT2D eigenvalue weighted by atomic mass is 32.1. The van der Waals surface area contributed by atoms with E-state index in [1.807, 2.05) is 6.92 Å². The van der Waals surface area contributed by atoms with Gasteiger partial charge in [-0.3, -0.25) is 0 Å². The van der Waals surface area contributed by atoms with Crippen molar-refractivity contribution in [1.29, 1.82) is 0 Å². The van der Waals surface area contributed by atoms with Crippen molar-refractivity contribution >= 4 is 16.5 Å². The molecule has 0 atom stereocenters. The molecule has 1 heterocycles. The van der Waals surface area contributed by atoms with E-state index in [0.29, 0.717) is 11.4 Å². The van der Waals surface area contributed by atoms with Crippen molar-refractivity contribution in [3.05, 3.63) is 30.0 Å². The predicted molar refractivity (Wildman–Crippen MR) is 71.5 cm³/mol. The van der Waals surface area contributed by atoms with Gasteiger partial charge in [0.05, 0.1) is 0 Å². The number of halogens is 3. The average Bonchev–Trinajstić information content (AvgIpc) is 2.84. The first-order valence-electron chi connectivity index (χ1n) is 6.01. The zero-order valence-corrected chi connectivity index (χ0v) is 11.8. The van der Waals surface area contributed by atoms with Crippen molar-refractivity contribution in [3.63, 3.8) is 0 Å². The van der Waals surface area contributed by atoms with Gasteiger partial charge in [-0.05, 0) is 31.2 Å². The summed E-state index contributed by atoms with van der Waals surface area (Å²) in [5, 5.41) is 7.83. The molecular formula is C12H12F3N3O2S. The van der Waals surface area contributed by atoms with Gasteiger partial charge in [0, 0.05) is 18.1 Å². The molecule has 0 aliphatic heterocycles. The van der Waals surface area contributed by atoms with Gasteiger partial charge in [-0.15, -0.1) is 18.3 Å². The SMILES string of the molecule is CCNc1snnc1COc1ccc(OC(F)(F)F)cc1. The third-order valence-corrected chi connectivity index (χ3v) is 3.05. The fourth-order valence-electron chi connectivity index (χ4n) is 1.49. The monoisotopic (exact) mass is 319 g/mol. The third-order valence-electron chi connectivity index (χ3n) is 2.33. The number of alkyl halides is 3. The van der Waals surface area contributed by atoms with Gasteiger partial charge in [0.25, 0.3) is 0 Å². The van der Waals surface area contributed by atoms with Crippen LogP contribution in [0.5, 0.6) is 11.5 Å². The maximum absolute atomic E-state index is 12.0. The lowest BCUT2D eigenvalue weighted by Crippen LogP contribution is -2.16. The molecule has 1 N–H and O–H groups in total. The molecule has 0 aliphatic rings. The molecule has 5 nitrogen and oxygen atoms in total. The second-order valence-electron chi connectivity index (χ2n) is 3.89. The molecule has 0 amide bonds. The van der Waals surface area contributed by atoms with Crippen LogP contribution < -0.4 is 14.8 Å². The van der Waals surface area contributed by atoms with Gasteiger partial charge < -0.3 is 14.8 Å². The van der Waals surface area contributed by atoms with Crippen molar-refractivity contribution in [2.24, 2.45) is 0 Å². The van der Waals surface area contributed by atoms with Crippen LogP contribution in [-0.2, 0) is 6.61 Å². The Morgan fingerprint density at radius 3 is 2.48 bits per heavy atom. The normalized spacial score (nSPS) is 11.2. The lowest BCUT2D eigenvalue weighted by atomic mass is 10.3. The maximum Gasteiger partial charge on any atom is 0.573 e. The number of benzene rings is 1. The molecule has 0 unspecified atom stereocenters. The molecule has 0 aliphatic carbocycles. The summed E-state index contributed by atoms with van der Waals surface area (Å²) in [6.45, 7) is 2.86. The van der Waals surface area contributed by atoms with E-state index in [1.165, 1.54) is 35.8 Å².